The Hall–Kier alpha value is -2.61. The summed E-state index contributed by atoms with van der Waals surface area (Å²) >= 11 is 0. The number of anilines is 1. The van der Waals surface area contributed by atoms with Gasteiger partial charge in [-0.3, -0.25) is 4.98 Å². The van der Waals surface area contributed by atoms with E-state index in [2.05, 4.69) is 67.0 Å². The van der Waals surface area contributed by atoms with Crippen LogP contribution in [0.15, 0.2) is 61.4 Å². The molecule has 0 aliphatic carbocycles. The van der Waals surface area contributed by atoms with Crippen LogP contribution < -0.4 is 4.90 Å². The standard InChI is InChI=1S/C19H18N2/c1-4-14-11-12-20-13-17(14)19-16-8-6-5-7-15(16)9-10-18(19)21(2)3/h4-13H,1H2,2-3H3. The third-order valence-electron chi connectivity index (χ3n) is 3.73. The predicted molar refractivity (Wildman–Crippen MR) is 91.6 cm³/mol. The molecule has 0 bridgehead atoms. The van der Waals surface area contributed by atoms with Gasteiger partial charge in [-0.2, -0.15) is 0 Å². The van der Waals surface area contributed by atoms with Crippen molar-refractivity contribution in [3.63, 3.8) is 0 Å². The van der Waals surface area contributed by atoms with E-state index in [1.807, 2.05) is 18.3 Å². The normalized spacial score (nSPS) is 10.6. The van der Waals surface area contributed by atoms with E-state index in [9.17, 15) is 0 Å². The molecule has 2 heteroatoms. The zero-order valence-electron chi connectivity index (χ0n) is 12.4. The van der Waals surface area contributed by atoms with Gasteiger partial charge in [-0.15, -0.1) is 0 Å². The Bertz CT molecular complexity index is 804. The first-order valence-corrected chi connectivity index (χ1v) is 6.98. The van der Waals surface area contributed by atoms with Gasteiger partial charge in [0.05, 0.1) is 0 Å². The van der Waals surface area contributed by atoms with E-state index in [1.54, 1.807) is 6.20 Å². The number of benzene rings is 2. The van der Waals surface area contributed by atoms with Gasteiger partial charge in [0.1, 0.15) is 0 Å². The molecule has 1 aromatic heterocycles. The van der Waals surface area contributed by atoms with Crippen molar-refractivity contribution < 1.29 is 0 Å². The Labute approximate surface area is 125 Å². The first kappa shape index (κ1) is 13.4. The molecular formula is C19H18N2. The molecule has 2 nitrogen and oxygen atoms in total. The van der Waals surface area contributed by atoms with Gasteiger partial charge in [0.2, 0.25) is 0 Å². The summed E-state index contributed by atoms with van der Waals surface area (Å²) in [4.78, 5) is 6.45. The number of pyridine rings is 1. The van der Waals surface area contributed by atoms with E-state index >= 15 is 0 Å². The fourth-order valence-corrected chi connectivity index (χ4v) is 2.71. The minimum absolute atomic E-state index is 1.10. The molecule has 21 heavy (non-hydrogen) atoms. The average molecular weight is 274 g/mol. The lowest BCUT2D eigenvalue weighted by Crippen LogP contribution is -2.10. The quantitative estimate of drug-likeness (QED) is 0.693. The molecule has 3 rings (SSSR count). The molecule has 1 heterocycles. The molecule has 0 unspecified atom stereocenters. The van der Waals surface area contributed by atoms with Crippen LogP contribution in [0.2, 0.25) is 0 Å². The van der Waals surface area contributed by atoms with E-state index in [0.717, 1.165) is 11.1 Å². The fraction of sp³-hybridized carbons (Fsp3) is 0.105. The molecule has 2 aromatic carbocycles. The highest BCUT2D eigenvalue weighted by Gasteiger charge is 2.13. The summed E-state index contributed by atoms with van der Waals surface area (Å²) in [7, 11) is 4.13. The predicted octanol–water partition coefficient (Wildman–Crippen LogP) is 4.61. The molecule has 0 saturated heterocycles. The molecular weight excluding hydrogens is 256 g/mol. The molecule has 0 atom stereocenters. The highest BCUT2D eigenvalue weighted by atomic mass is 15.1. The number of fused-ring (bicyclic) bond motifs is 1. The van der Waals surface area contributed by atoms with Gasteiger partial charge < -0.3 is 4.90 Å². The minimum Gasteiger partial charge on any atom is -0.377 e. The molecule has 3 aromatic rings. The Morgan fingerprint density at radius 2 is 1.86 bits per heavy atom. The zero-order chi connectivity index (χ0) is 14.8. The first-order chi connectivity index (χ1) is 10.2. The first-order valence-electron chi connectivity index (χ1n) is 6.98. The second-order valence-corrected chi connectivity index (χ2v) is 5.24. The molecule has 0 amide bonds. The van der Waals surface area contributed by atoms with Gasteiger partial charge in [0.25, 0.3) is 0 Å². The maximum absolute atomic E-state index is 4.31. The summed E-state index contributed by atoms with van der Waals surface area (Å²) in [5.74, 6) is 0. The van der Waals surface area contributed by atoms with Crippen molar-refractivity contribution in [1.82, 2.24) is 4.98 Å². The lowest BCUT2D eigenvalue weighted by molar-refractivity contribution is 1.13. The van der Waals surface area contributed by atoms with Crippen molar-refractivity contribution in [3.8, 4) is 11.1 Å². The molecule has 0 fully saturated rings. The maximum atomic E-state index is 4.31. The van der Waals surface area contributed by atoms with Crippen LogP contribution in [0.1, 0.15) is 5.56 Å². The number of rotatable bonds is 3. The maximum Gasteiger partial charge on any atom is 0.0448 e. The summed E-state index contributed by atoms with van der Waals surface area (Å²) in [6, 6.07) is 14.8. The smallest absolute Gasteiger partial charge is 0.0448 e. The van der Waals surface area contributed by atoms with Gasteiger partial charge in [0, 0.05) is 43.3 Å². The van der Waals surface area contributed by atoms with Gasteiger partial charge in [-0.25, -0.2) is 0 Å². The molecule has 104 valence electrons. The summed E-state index contributed by atoms with van der Waals surface area (Å²) in [6.07, 6.45) is 5.62. The summed E-state index contributed by atoms with van der Waals surface area (Å²) in [5, 5.41) is 2.47. The highest BCUT2D eigenvalue weighted by molar-refractivity contribution is 6.04. The lowest BCUT2D eigenvalue weighted by atomic mass is 9.94. The molecule has 0 N–H and O–H groups in total. The van der Waals surface area contributed by atoms with Gasteiger partial charge in [0.15, 0.2) is 0 Å². The van der Waals surface area contributed by atoms with Crippen LogP contribution >= 0.6 is 0 Å². The number of nitrogens with zero attached hydrogens (tertiary/aromatic N) is 2. The van der Waals surface area contributed by atoms with E-state index in [4.69, 9.17) is 0 Å². The second kappa shape index (κ2) is 5.41. The van der Waals surface area contributed by atoms with Crippen molar-refractivity contribution >= 4 is 22.5 Å². The van der Waals surface area contributed by atoms with Gasteiger partial charge in [-0.1, -0.05) is 43.0 Å². The van der Waals surface area contributed by atoms with E-state index in [-0.39, 0.29) is 0 Å². The van der Waals surface area contributed by atoms with Crippen LogP contribution in [-0.2, 0) is 0 Å². The van der Waals surface area contributed by atoms with Crippen LogP contribution in [0, 0.1) is 0 Å². The Morgan fingerprint density at radius 1 is 1.05 bits per heavy atom. The summed E-state index contributed by atoms with van der Waals surface area (Å²) in [6.45, 7) is 3.93. The Morgan fingerprint density at radius 3 is 2.62 bits per heavy atom. The van der Waals surface area contributed by atoms with Gasteiger partial charge in [-0.05, 0) is 28.5 Å². The number of hydrogen-bond donors (Lipinski definition) is 0. The zero-order valence-corrected chi connectivity index (χ0v) is 12.4. The lowest BCUT2D eigenvalue weighted by Gasteiger charge is -2.20. The van der Waals surface area contributed by atoms with Crippen molar-refractivity contribution in [1.29, 1.82) is 0 Å². The number of hydrogen-bond acceptors (Lipinski definition) is 2. The van der Waals surface area contributed by atoms with Crippen LogP contribution in [0.5, 0.6) is 0 Å². The van der Waals surface area contributed by atoms with Crippen LogP contribution in [-0.4, -0.2) is 19.1 Å². The van der Waals surface area contributed by atoms with Crippen molar-refractivity contribution in [3.05, 3.63) is 67.0 Å². The topological polar surface area (TPSA) is 16.1 Å². The van der Waals surface area contributed by atoms with E-state index in [0.29, 0.717) is 0 Å². The highest BCUT2D eigenvalue weighted by Crippen LogP contribution is 2.38. The Kier molecular flexibility index (Phi) is 3.44. The van der Waals surface area contributed by atoms with Crippen molar-refractivity contribution in [2.45, 2.75) is 0 Å². The molecule has 0 aliphatic rings. The summed E-state index contributed by atoms with van der Waals surface area (Å²) < 4.78 is 0. The number of aromatic nitrogens is 1. The molecule has 0 saturated carbocycles. The van der Waals surface area contributed by atoms with Crippen molar-refractivity contribution in [2.24, 2.45) is 0 Å². The van der Waals surface area contributed by atoms with E-state index in [1.165, 1.54) is 22.0 Å². The van der Waals surface area contributed by atoms with Crippen LogP contribution in [0.3, 0.4) is 0 Å². The third-order valence-corrected chi connectivity index (χ3v) is 3.73. The SMILES string of the molecule is C=Cc1ccncc1-c1c(N(C)C)ccc2ccccc12. The average Bonchev–Trinajstić information content (AvgIpc) is 2.53. The van der Waals surface area contributed by atoms with Crippen LogP contribution in [0.4, 0.5) is 5.69 Å². The monoisotopic (exact) mass is 274 g/mol. The van der Waals surface area contributed by atoms with Crippen LogP contribution in [0.25, 0.3) is 28.0 Å². The Balaban J connectivity index is 2.43. The van der Waals surface area contributed by atoms with Gasteiger partial charge >= 0.3 is 0 Å². The second-order valence-electron chi connectivity index (χ2n) is 5.24. The molecule has 0 spiro atoms. The fourth-order valence-electron chi connectivity index (χ4n) is 2.71. The van der Waals surface area contributed by atoms with E-state index < -0.39 is 0 Å². The van der Waals surface area contributed by atoms with Crippen molar-refractivity contribution in [2.75, 3.05) is 19.0 Å². The molecule has 0 radical (unpaired) electrons. The summed E-state index contributed by atoms with van der Waals surface area (Å²) in [5.41, 5.74) is 4.61. The largest absolute Gasteiger partial charge is 0.377 e. The third kappa shape index (κ3) is 2.29. The molecule has 0 aliphatic heterocycles. The minimum atomic E-state index is 1.10.